The average molecular weight is 633 g/mol. The van der Waals surface area contributed by atoms with Crippen molar-refractivity contribution in [3.8, 4) is 0 Å². The number of nitrogens with zero attached hydrogens (tertiary/aromatic N) is 1. The molecule has 3 nitrogen and oxygen atoms in total. The summed E-state index contributed by atoms with van der Waals surface area (Å²) >= 11 is 3.69. The van der Waals surface area contributed by atoms with Crippen LogP contribution in [0.2, 0.25) is 0 Å². The van der Waals surface area contributed by atoms with Gasteiger partial charge in [0.25, 0.3) is 0 Å². The molecule has 0 unspecified atom stereocenters. The second-order valence-electron chi connectivity index (χ2n) is 7.36. The molecule has 6 rings (SSSR count). The van der Waals surface area contributed by atoms with E-state index in [0.717, 1.165) is 16.3 Å². The maximum absolute atomic E-state index is 10.0. The molecule has 0 spiro atoms. The number of thiophene rings is 1. The minimum absolute atomic E-state index is 0. The monoisotopic (exact) mass is 633 g/mol. The molecule has 0 bridgehead atoms. The number of hydrogen-bond donors (Lipinski definition) is 1. The van der Waals surface area contributed by atoms with Gasteiger partial charge in [0.15, 0.2) is 5.78 Å². The summed E-state index contributed by atoms with van der Waals surface area (Å²) in [4.78, 5) is 14.8. The Morgan fingerprint density at radius 2 is 1.62 bits per heavy atom. The molecule has 1 radical (unpaired) electrons. The molecule has 0 saturated heterocycles. The molecule has 161 valence electrons. The van der Waals surface area contributed by atoms with Gasteiger partial charge in [0.2, 0.25) is 0 Å². The van der Waals surface area contributed by atoms with E-state index in [2.05, 4.69) is 60.7 Å². The van der Waals surface area contributed by atoms with Crippen molar-refractivity contribution in [3.05, 3.63) is 78.7 Å². The third-order valence-corrected chi connectivity index (χ3v) is 7.22. The Balaban J connectivity index is 0.000000271. The predicted octanol–water partition coefficient (Wildman–Crippen LogP) is 7.81. The van der Waals surface area contributed by atoms with Gasteiger partial charge in [0.1, 0.15) is 0 Å². The van der Waals surface area contributed by atoms with Gasteiger partial charge in [-0.2, -0.15) is 11.3 Å². The number of aliphatic hydroxyl groups excluding tert-OH is 1. The SMILES string of the molecule is CC(=O)/C=C(/C)O.[Ir].[c-]1c2ccccc2cc2sc3cccc4sc5ccnc(c12)c5c34. The summed E-state index contributed by atoms with van der Waals surface area (Å²) in [6.45, 7) is 2.85. The summed E-state index contributed by atoms with van der Waals surface area (Å²) < 4.78 is 5.19. The normalized spacial score (nSPS) is 11.6. The fourth-order valence-corrected chi connectivity index (χ4v) is 6.15. The van der Waals surface area contributed by atoms with E-state index < -0.39 is 0 Å². The third kappa shape index (κ3) is 4.07. The van der Waals surface area contributed by atoms with Crippen LogP contribution in [0.1, 0.15) is 13.8 Å². The molecule has 3 aromatic heterocycles. The molecule has 0 aliphatic carbocycles. The molecule has 1 N–H and O–H groups in total. The van der Waals surface area contributed by atoms with Crippen molar-refractivity contribution in [2.24, 2.45) is 0 Å². The summed E-state index contributed by atoms with van der Waals surface area (Å²) in [6, 6.07) is 23.1. The van der Waals surface area contributed by atoms with Crippen molar-refractivity contribution < 1.29 is 30.0 Å². The van der Waals surface area contributed by atoms with Gasteiger partial charge in [-0.05, 0) is 42.1 Å². The first kappa shape index (κ1) is 22.6. The van der Waals surface area contributed by atoms with Crippen LogP contribution in [0, 0.1) is 6.07 Å². The quantitative estimate of drug-likeness (QED) is 0.114. The molecule has 3 aromatic carbocycles. The van der Waals surface area contributed by atoms with Crippen LogP contribution in [-0.4, -0.2) is 15.9 Å². The van der Waals surface area contributed by atoms with Crippen LogP contribution >= 0.6 is 22.7 Å². The average Bonchev–Trinajstić information content (AvgIpc) is 3.05. The fraction of sp³-hybridized carbons (Fsp3) is 0.0769. The number of ketones is 1. The van der Waals surface area contributed by atoms with Gasteiger partial charge >= 0.3 is 0 Å². The first-order valence-electron chi connectivity index (χ1n) is 9.82. The number of fused-ring (bicyclic) bond motifs is 3. The summed E-state index contributed by atoms with van der Waals surface area (Å²) in [6.07, 6.45) is 3.09. The van der Waals surface area contributed by atoms with Crippen LogP contribution < -0.4 is 0 Å². The number of aromatic nitrogens is 1. The van der Waals surface area contributed by atoms with Gasteiger partial charge in [-0.25, -0.2) is 0 Å². The van der Waals surface area contributed by atoms with E-state index in [1.54, 1.807) is 0 Å². The van der Waals surface area contributed by atoms with E-state index in [1.807, 2.05) is 28.9 Å². The molecule has 6 heteroatoms. The summed E-state index contributed by atoms with van der Waals surface area (Å²) in [7, 11) is 0. The topological polar surface area (TPSA) is 50.2 Å². The van der Waals surface area contributed by atoms with E-state index >= 15 is 0 Å². The van der Waals surface area contributed by atoms with Gasteiger partial charge in [-0.15, -0.1) is 34.9 Å². The molecular weight excluding hydrogens is 615 g/mol. The number of carbonyl (C=O) groups excluding carboxylic acids is 1. The minimum atomic E-state index is -0.125. The van der Waals surface area contributed by atoms with Crippen molar-refractivity contribution in [3.63, 3.8) is 0 Å². The van der Waals surface area contributed by atoms with Crippen molar-refractivity contribution in [1.29, 1.82) is 0 Å². The van der Waals surface area contributed by atoms with E-state index in [4.69, 9.17) is 10.1 Å². The third-order valence-electron chi connectivity index (χ3n) is 4.99. The van der Waals surface area contributed by atoms with Crippen LogP contribution in [0.15, 0.2) is 72.6 Å². The van der Waals surface area contributed by atoms with Crippen molar-refractivity contribution >= 4 is 79.7 Å². The zero-order valence-electron chi connectivity index (χ0n) is 17.3. The van der Waals surface area contributed by atoms with Crippen molar-refractivity contribution in [2.75, 3.05) is 0 Å². The fourth-order valence-electron chi connectivity index (χ4n) is 3.82. The summed E-state index contributed by atoms with van der Waals surface area (Å²) in [5, 5.41) is 14.5. The Kier molecular flexibility index (Phi) is 6.40. The molecular formula is C26H18IrNO2S2-. The number of allylic oxidation sites excluding steroid dienone is 2. The van der Waals surface area contributed by atoms with E-state index in [0.29, 0.717) is 0 Å². The van der Waals surface area contributed by atoms with Crippen molar-refractivity contribution in [2.45, 2.75) is 13.8 Å². The summed E-state index contributed by atoms with van der Waals surface area (Å²) in [5.74, 6) is -0.0625. The van der Waals surface area contributed by atoms with Gasteiger partial charge < -0.3 is 5.11 Å². The Hall–Kier alpha value is -2.63. The second-order valence-corrected chi connectivity index (χ2v) is 9.53. The Bertz CT molecular complexity index is 1640. The van der Waals surface area contributed by atoms with Crippen LogP contribution in [0.5, 0.6) is 0 Å². The number of rotatable bonds is 1. The number of hydrogen-bond acceptors (Lipinski definition) is 5. The predicted molar refractivity (Wildman–Crippen MR) is 133 cm³/mol. The largest absolute Gasteiger partial charge is 0.512 e. The molecule has 0 aliphatic rings. The second kappa shape index (κ2) is 9.08. The maximum Gasteiger partial charge on any atom is 0.155 e. The first-order valence-corrected chi connectivity index (χ1v) is 11.5. The number of pyridine rings is 1. The molecule has 6 aromatic rings. The van der Waals surface area contributed by atoms with E-state index in [9.17, 15) is 4.79 Å². The van der Waals surface area contributed by atoms with Crippen LogP contribution in [0.25, 0.3) is 51.2 Å². The van der Waals surface area contributed by atoms with Gasteiger partial charge in [0, 0.05) is 57.4 Å². The molecule has 0 aliphatic heterocycles. The van der Waals surface area contributed by atoms with E-state index in [1.165, 1.54) is 54.9 Å². The van der Waals surface area contributed by atoms with E-state index in [-0.39, 0.29) is 31.6 Å². The zero-order valence-corrected chi connectivity index (χ0v) is 21.3. The number of carbonyl (C=O) groups is 1. The molecule has 32 heavy (non-hydrogen) atoms. The van der Waals surface area contributed by atoms with Crippen LogP contribution in [0.3, 0.4) is 0 Å². The first-order chi connectivity index (χ1) is 15.0. The molecule has 0 atom stereocenters. The smallest absolute Gasteiger partial charge is 0.155 e. The number of aliphatic hydroxyl groups is 1. The summed E-state index contributed by atoms with van der Waals surface area (Å²) in [5.41, 5.74) is 1.07. The molecule has 0 saturated carbocycles. The molecule has 0 amide bonds. The Labute approximate surface area is 206 Å². The zero-order chi connectivity index (χ0) is 21.5. The standard InChI is InChI=1S/C21H10NS2.C5H8O2.Ir/c1-2-5-13-11-18-14(10-12(13)4-1)21-20-17(8-9-22-21)23-15-6-3-7-16(24-18)19(15)20;1-4(6)3-5(2)7;/h1-9,11H;3,6H,1-2H3;/q-1;;/b;4-3-;. The van der Waals surface area contributed by atoms with Gasteiger partial charge in [-0.1, -0.05) is 35.0 Å². The molecule has 3 heterocycles. The van der Waals surface area contributed by atoms with Gasteiger partial charge in [0.05, 0.1) is 5.76 Å². The molecule has 0 fully saturated rings. The Morgan fingerprint density at radius 1 is 0.938 bits per heavy atom. The van der Waals surface area contributed by atoms with Crippen LogP contribution in [0.4, 0.5) is 0 Å². The minimum Gasteiger partial charge on any atom is -0.512 e. The maximum atomic E-state index is 10.0. The van der Waals surface area contributed by atoms with Crippen molar-refractivity contribution in [1.82, 2.24) is 4.98 Å². The van der Waals surface area contributed by atoms with Gasteiger partial charge in [-0.3, -0.25) is 9.78 Å². The van der Waals surface area contributed by atoms with Crippen LogP contribution in [-0.2, 0) is 24.9 Å². The number of benzene rings is 3. The Morgan fingerprint density at radius 3 is 2.31 bits per heavy atom.